The van der Waals surface area contributed by atoms with E-state index < -0.39 is 0 Å². The van der Waals surface area contributed by atoms with Crippen LogP contribution in [0.1, 0.15) is 16.1 Å². The predicted octanol–water partition coefficient (Wildman–Crippen LogP) is 3.95. The highest BCUT2D eigenvalue weighted by molar-refractivity contribution is 6.04. The molecule has 132 valence electrons. The number of carbonyl (C=O) groups is 1. The standard InChI is InChI=1S/C21H20N2O3/c1-25-18-12-17(13-19(14-18)26-2)23(15-16-8-4-3-5-9-16)21(24)20-10-6-7-11-22-20/h3-14H,15H2,1-2H3. The molecule has 0 bridgehead atoms. The highest BCUT2D eigenvalue weighted by Gasteiger charge is 2.20. The highest BCUT2D eigenvalue weighted by atomic mass is 16.5. The number of amides is 1. The Morgan fingerprint density at radius 2 is 1.58 bits per heavy atom. The van der Waals surface area contributed by atoms with Gasteiger partial charge in [0, 0.05) is 24.4 Å². The Morgan fingerprint density at radius 1 is 0.923 bits per heavy atom. The molecule has 0 N–H and O–H groups in total. The van der Waals surface area contributed by atoms with Crippen molar-refractivity contribution in [2.75, 3.05) is 19.1 Å². The number of nitrogens with zero attached hydrogens (tertiary/aromatic N) is 2. The van der Waals surface area contributed by atoms with Gasteiger partial charge in [-0.1, -0.05) is 36.4 Å². The molecule has 3 aromatic rings. The Hall–Kier alpha value is -3.34. The van der Waals surface area contributed by atoms with Crippen LogP contribution in [0.5, 0.6) is 11.5 Å². The Bertz CT molecular complexity index is 845. The fourth-order valence-electron chi connectivity index (χ4n) is 2.62. The van der Waals surface area contributed by atoms with Crippen molar-refractivity contribution in [1.82, 2.24) is 4.98 Å². The zero-order valence-electron chi connectivity index (χ0n) is 14.8. The number of methoxy groups -OCH3 is 2. The lowest BCUT2D eigenvalue weighted by molar-refractivity contribution is 0.0980. The van der Waals surface area contributed by atoms with E-state index in [0.717, 1.165) is 5.56 Å². The number of aromatic nitrogens is 1. The van der Waals surface area contributed by atoms with Crippen LogP contribution in [0.2, 0.25) is 0 Å². The second-order valence-corrected chi connectivity index (χ2v) is 5.66. The molecule has 0 aliphatic heterocycles. The molecule has 0 spiro atoms. The van der Waals surface area contributed by atoms with Crippen LogP contribution in [-0.2, 0) is 6.54 Å². The second-order valence-electron chi connectivity index (χ2n) is 5.66. The molecule has 1 aromatic heterocycles. The molecule has 5 nitrogen and oxygen atoms in total. The Morgan fingerprint density at radius 3 is 2.15 bits per heavy atom. The molecule has 1 heterocycles. The summed E-state index contributed by atoms with van der Waals surface area (Å²) in [5.41, 5.74) is 2.07. The van der Waals surface area contributed by atoms with Crippen LogP contribution in [0.25, 0.3) is 0 Å². The van der Waals surface area contributed by atoms with E-state index in [2.05, 4.69) is 4.98 Å². The van der Waals surface area contributed by atoms with Crippen LogP contribution in [0, 0.1) is 0 Å². The van der Waals surface area contributed by atoms with Crippen LogP contribution in [0.15, 0.2) is 72.9 Å². The molecule has 0 atom stereocenters. The summed E-state index contributed by atoms with van der Waals surface area (Å²) in [6, 6.07) is 20.5. The number of hydrogen-bond donors (Lipinski definition) is 0. The van der Waals surface area contributed by atoms with Crippen LogP contribution < -0.4 is 14.4 Å². The fourth-order valence-corrected chi connectivity index (χ4v) is 2.62. The van der Waals surface area contributed by atoms with Crippen molar-refractivity contribution in [3.8, 4) is 11.5 Å². The van der Waals surface area contributed by atoms with Gasteiger partial charge in [0.2, 0.25) is 0 Å². The van der Waals surface area contributed by atoms with Crippen molar-refractivity contribution in [3.05, 3.63) is 84.2 Å². The van der Waals surface area contributed by atoms with Crippen molar-refractivity contribution in [3.63, 3.8) is 0 Å². The molecule has 0 saturated heterocycles. The third-order valence-electron chi connectivity index (χ3n) is 3.96. The van der Waals surface area contributed by atoms with Crippen LogP contribution in [0.4, 0.5) is 5.69 Å². The first-order chi connectivity index (χ1) is 12.7. The number of anilines is 1. The molecular formula is C21H20N2O3. The predicted molar refractivity (Wildman–Crippen MR) is 101 cm³/mol. The second kappa shape index (κ2) is 8.16. The lowest BCUT2D eigenvalue weighted by Gasteiger charge is -2.24. The van der Waals surface area contributed by atoms with E-state index in [0.29, 0.717) is 29.4 Å². The molecular weight excluding hydrogens is 328 g/mol. The van der Waals surface area contributed by atoms with Gasteiger partial charge in [0.1, 0.15) is 17.2 Å². The van der Waals surface area contributed by atoms with E-state index >= 15 is 0 Å². The molecule has 0 fully saturated rings. The highest BCUT2D eigenvalue weighted by Crippen LogP contribution is 2.30. The Labute approximate surface area is 152 Å². The maximum atomic E-state index is 13.1. The molecule has 0 aliphatic carbocycles. The number of carbonyl (C=O) groups excluding carboxylic acids is 1. The summed E-state index contributed by atoms with van der Waals surface area (Å²) in [6.07, 6.45) is 1.61. The summed E-state index contributed by atoms with van der Waals surface area (Å²) in [6.45, 7) is 0.409. The van der Waals surface area contributed by atoms with Crippen LogP contribution in [-0.4, -0.2) is 25.1 Å². The quantitative estimate of drug-likeness (QED) is 0.677. The SMILES string of the molecule is COc1cc(OC)cc(N(Cc2ccccc2)C(=O)c2ccccn2)c1. The van der Waals surface area contributed by atoms with Crippen molar-refractivity contribution in [2.45, 2.75) is 6.54 Å². The van der Waals surface area contributed by atoms with Gasteiger partial charge in [-0.05, 0) is 17.7 Å². The number of pyridine rings is 1. The number of ether oxygens (including phenoxy) is 2. The van der Waals surface area contributed by atoms with Crippen molar-refractivity contribution in [2.24, 2.45) is 0 Å². The largest absolute Gasteiger partial charge is 0.497 e. The summed E-state index contributed by atoms with van der Waals surface area (Å²) >= 11 is 0. The molecule has 0 saturated carbocycles. The van der Waals surface area contributed by atoms with E-state index in [1.807, 2.05) is 42.5 Å². The van der Waals surface area contributed by atoms with E-state index in [9.17, 15) is 4.79 Å². The summed E-state index contributed by atoms with van der Waals surface area (Å²) in [5, 5.41) is 0. The van der Waals surface area contributed by atoms with Gasteiger partial charge in [-0.15, -0.1) is 0 Å². The molecule has 0 unspecified atom stereocenters. The van der Waals surface area contributed by atoms with Gasteiger partial charge in [0.25, 0.3) is 5.91 Å². The van der Waals surface area contributed by atoms with E-state index in [1.165, 1.54) is 0 Å². The van der Waals surface area contributed by atoms with Gasteiger partial charge < -0.3 is 14.4 Å². The Balaban J connectivity index is 2.04. The molecule has 2 aromatic carbocycles. The molecule has 5 heteroatoms. The molecule has 0 aliphatic rings. The number of benzene rings is 2. The average molecular weight is 348 g/mol. The van der Waals surface area contributed by atoms with Gasteiger partial charge in [-0.3, -0.25) is 9.78 Å². The maximum Gasteiger partial charge on any atom is 0.277 e. The lowest BCUT2D eigenvalue weighted by Crippen LogP contribution is -2.31. The monoisotopic (exact) mass is 348 g/mol. The molecule has 3 rings (SSSR count). The minimum atomic E-state index is -0.190. The summed E-state index contributed by atoms with van der Waals surface area (Å²) in [5.74, 6) is 1.04. The Kier molecular flexibility index (Phi) is 5.49. The third-order valence-corrected chi connectivity index (χ3v) is 3.96. The zero-order chi connectivity index (χ0) is 18.4. The average Bonchev–Trinajstić information content (AvgIpc) is 2.72. The lowest BCUT2D eigenvalue weighted by atomic mass is 10.1. The number of rotatable bonds is 6. The summed E-state index contributed by atoms with van der Waals surface area (Å²) < 4.78 is 10.7. The normalized spacial score (nSPS) is 10.2. The van der Waals surface area contributed by atoms with Crippen molar-refractivity contribution < 1.29 is 14.3 Å². The first-order valence-electron chi connectivity index (χ1n) is 8.21. The first-order valence-corrected chi connectivity index (χ1v) is 8.21. The zero-order valence-corrected chi connectivity index (χ0v) is 14.8. The van der Waals surface area contributed by atoms with Gasteiger partial charge in [-0.2, -0.15) is 0 Å². The van der Waals surface area contributed by atoms with Gasteiger partial charge in [0.15, 0.2) is 0 Å². The van der Waals surface area contributed by atoms with Crippen molar-refractivity contribution in [1.29, 1.82) is 0 Å². The van der Waals surface area contributed by atoms with Gasteiger partial charge in [-0.25, -0.2) is 0 Å². The topological polar surface area (TPSA) is 51.7 Å². The van der Waals surface area contributed by atoms with Crippen molar-refractivity contribution >= 4 is 11.6 Å². The minimum Gasteiger partial charge on any atom is -0.497 e. The summed E-state index contributed by atoms with van der Waals surface area (Å²) in [7, 11) is 3.17. The maximum absolute atomic E-state index is 13.1. The smallest absolute Gasteiger partial charge is 0.277 e. The third kappa shape index (κ3) is 4.00. The van der Waals surface area contributed by atoms with Gasteiger partial charge >= 0.3 is 0 Å². The van der Waals surface area contributed by atoms with Gasteiger partial charge in [0.05, 0.1) is 26.5 Å². The number of hydrogen-bond acceptors (Lipinski definition) is 4. The first kappa shape index (κ1) is 17.5. The minimum absolute atomic E-state index is 0.190. The van der Waals surface area contributed by atoms with E-state index in [-0.39, 0.29) is 5.91 Å². The van der Waals surface area contributed by atoms with E-state index in [4.69, 9.17) is 9.47 Å². The van der Waals surface area contributed by atoms with Crippen LogP contribution in [0.3, 0.4) is 0 Å². The van der Waals surface area contributed by atoms with Crippen LogP contribution >= 0.6 is 0 Å². The fraction of sp³-hybridized carbons (Fsp3) is 0.143. The van der Waals surface area contributed by atoms with E-state index in [1.54, 1.807) is 49.6 Å². The molecule has 0 radical (unpaired) electrons. The molecule has 1 amide bonds. The summed E-state index contributed by atoms with van der Waals surface area (Å²) in [4.78, 5) is 19.0. The molecule has 26 heavy (non-hydrogen) atoms.